The average Bonchev–Trinajstić information content (AvgIpc) is 3.04. The highest BCUT2D eigenvalue weighted by Gasteiger charge is 2.60. The number of rotatable bonds is 7. The first-order valence-electron chi connectivity index (χ1n) is 13.6. The highest BCUT2D eigenvalue weighted by molar-refractivity contribution is 8.06. The Labute approximate surface area is 202 Å². The summed E-state index contributed by atoms with van der Waals surface area (Å²) in [5.74, 6) is 5.80. The summed E-state index contributed by atoms with van der Waals surface area (Å²) in [7, 11) is 0. The van der Waals surface area contributed by atoms with Crippen molar-refractivity contribution in [1.82, 2.24) is 0 Å². The molecule has 0 amide bonds. The molecule has 4 aliphatic carbocycles. The minimum atomic E-state index is -4.05. The summed E-state index contributed by atoms with van der Waals surface area (Å²) < 4.78 is 18.9. The van der Waals surface area contributed by atoms with E-state index >= 15 is 0 Å². The molecule has 4 rings (SSSR count). The number of fused-ring (bicyclic) bond motifs is 5. The summed E-state index contributed by atoms with van der Waals surface area (Å²) >= 11 is 4.54. The molecule has 2 unspecified atom stereocenters. The van der Waals surface area contributed by atoms with Gasteiger partial charge in [-0.2, -0.15) is 4.20 Å². The lowest BCUT2D eigenvalue weighted by Crippen LogP contribution is -2.54. The molecule has 0 heterocycles. The van der Waals surface area contributed by atoms with Crippen LogP contribution in [0.1, 0.15) is 112 Å². The molecular formula is C27H48FO2PS. The average molecular weight is 487 g/mol. The van der Waals surface area contributed by atoms with Crippen LogP contribution in [0, 0.1) is 52.3 Å². The van der Waals surface area contributed by atoms with Crippen molar-refractivity contribution < 1.29 is 13.6 Å². The molecule has 0 aliphatic heterocycles. The lowest BCUT2D eigenvalue weighted by Gasteiger charge is -2.61. The van der Waals surface area contributed by atoms with Crippen molar-refractivity contribution in [2.75, 3.05) is 0 Å². The van der Waals surface area contributed by atoms with Gasteiger partial charge in [-0.25, -0.2) is 0 Å². The minimum Gasteiger partial charge on any atom is -0.321 e. The number of hydrogen-bond donors (Lipinski definition) is 1. The van der Waals surface area contributed by atoms with Gasteiger partial charge in [0.15, 0.2) is 0 Å². The van der Waals surface area contributed by atoms with Gasteiger partial charge in [0.05, 0.1) is 6.10 Å². The standard InChI is InChI=1S/C27H48FO2PS/c1-18(2)7-6-8-19(3)23-11-12-24-22-10-9-20-17-21(30-31(28,29)32)13-15-26(20,4)25(22)14-16-27(23,24)5/h18-25H,6-17H2,1-5H3,(H,29,32)/t19-,20?,21+,22+,23-,24+,25+,26+,27-,31?/m1/s1. The van der Waals surface area contributed by atoms with Gasteiger partial charge in [0, 0.05) is 0 Å². The zero-order chi connectivity index (χ0) is 23.3. The summed E-state index contributed by atoms with van der Waals surface area (Å²) in [6, 6.07) is 0. The quantitative estimate of drug-likeness (QED) is 0.365. The van der Waals surface area contributed by atoms with Crippen LogP contribution in [0.4, 0.5) is 4.20 Å². The van der Waals surface area contributed by atoms with E-state index in [0.29, 0.717) is 16.7 Å². The first-order chi connectivity index (χ1) is 14.9. The SMILES string of the molecule is CC(C)CCC[C@@H](C)[C@H]1CC[C@H]2[C@@H]3CCC4C[C@@H](OP(O)(F)=S)CC[C@]4(C)[C@H]3CC[C@]12C. The van der Waals surface area contributed by atoms with Crippen LogP contribution in [0.5, 0.6) is 0 Å². The van der Waals surface area contributed by atoms with Crippen LogP contribution in [-0.2, 0) is 16.3 Å². The molecule has 32 heavy (non-hydrogen) atoms. The number of halogens is 1. The smallest absolute Gasteiger partial charge is 0.321 e. The molecule has 5 heteroatoms. The molecule has 186 valence electrons. The molecule has 1 N–H and O–H groups in total. The fraction of sp³-hybridized carbons (Fsp3) is 1.00. The third-order valence-electron chi connectivity index (χ3n) is 11.1. The lowest BCUT2D eigenvalue weighted by atomic mass is 9.44. The Hall–Kier alpha value is 0.500. The second-order valence-corrected chi connectivity index (χ2v) is 15.6. The fourth-order valence-corrected chi connectivity index (χ4v) is 10.4. The van der Waals surface area contributed by atoms with E-state index in [0.717, 1.165) is 54.8 Å². The van der Waals surface area contributed by atoms with Crippen LogP contribution in [0.15, 0.2) is 0 Å². The van der Waals surface area contributed by atoms with Crippen molar-refractivity contribution >= 4 is 18.6 Å². The van der Waals surface area contributed by atoms with E-state index in [9.17, 15) is 9.09 Å². The Morgan fingerprint density at radius 2 is 1.66 bits per heavy atom. The second-order valence-electron chi connectivity index (χ2n) is 13.1. The second kappa shape index (κ2) is 9.51. The van der Waals surface area contributed by atoms with Crippen molar-refractivity contribution in [3.05, 3.63) is 0 Å². The van der Waals surface area contributed by atoms with E-state index in [2.05, 4.69) is 46.4 Å². The minimum absolute atomic E-state index is 0.179. The highest BCUT2D eigenvalue weighted by Crippen LogP contribution is 2.68. The predicted octanol–water partition coefficient (Wildman–Crippen LogP) is 8.68. The summed E-state index contributed by atoms with van der Waals surface area (Å²) in [5.41, 5.74) is 0.902. The maximum absolute atomic E-state index is 13.6. The molecule has 4 fully saturated rings. The summed E-state index contributed by atoms with van der Waals surface area (Å²) in [5, 5.41) is 0. The Kier molecular flexibility index (Phi) is 7.61. The molecule has 4 aliphatic rings. The van der Waals surface area contributed by atoms with Crippen molar-refractivity contribution in [2.24, 2.45) is 52.3 Å². The molecule has 0 radical (unpaired) electrons. The van der Waals surface area contributed by atoms with Gasteiger partial charge in [-0.1, -0.05) is 53.9 Å². The van der Waals surface area contributed by atoms with Gasteiger partial charge in [0.25, 0.3) is 0 Å². The van der Waals surface area contributed by atoms with Crippen LogP contribution < -0.4 is 0 Å². The van der Waals surface area contributed by atoms with Gasteiger partial charge < -0.3 is 9.42 Å². The third-order valence-corrected chi connectivity index (χ3v) is 11.9. The zero-order valence-corrected chi connectivity index (χ0v) is 22.9. The van der Waals surface area contributed by atoms with Crippen LogP contribution in [0.3, 0.4) is 0 Å². The van der Waals surface area contributed by atoms with E-state index in [1.165, 1.54) is 57.8 Å². The Balaban J connectivity index is 1.43. The normalized spacial score (nSPS) is 46.8. The largest absolute Gasteiger partial charge is 0.363 e. The van der Waals surface area contributed by atoms with E-state index < -0.39 is 6.80 Å². The molecule has 4 saturated carbocycles. The first kappa shape index (κ1) is 25.6. The van der Waals surface area contributed by atoms with E-state index in [1.807, 2.05) is 0 Å². The fourth-order valence-electron chi connectivity index (χ4n) is 9.52. The van der Waals surface area contributed by atoms with Crippen molar-refractivity contribution in [2.45, 2.75) is 118 Å². The molecule has 0 bridgehead atoms. The van der Waals surface area contributed by atoms with Crippen LogP contribution >= 0.6 is 6.80 Å². The van der Waals surface area contributed by atoms with Crippen molar-refractivity contribution in [1.29, 1.82) is 0 Å². The first-order valence-corrected chi connectivity index (χ1v) is 16.2. The molecule has 0 aromatic heterocycles. The maximum atomic E-state index is 13.6. The van der Waals surface area contributed by atoms with Crippen molar-refractivity contribution in [3.8, 4) is 0 Å². The molecule has 0 aromatic carbocycles. The lowest BCUT2D eigenvalue weighted by molar-refractivity contribution is -0.127. The Morgan fingerprint density at radius 3 is 2.34 bits per heavy atom. The van der Waals surface area contributed by atoms with E-state index in [1.54, 1.807) is 0 Å². The Morgan fingerprint density at radius 1 is 0.969 bits per heavy atom. The zero-order valence-electron chi connectivity index (χ0n) is 21.2. The molecule has 0 spiro atoms. The van der Waals surface area contributed by atoms with Crippen LogP contribution in [0.2, 0.25) is 0 Å². The summed E-state index contributed by atoms with van der Waals surface area (Å²) in [6.45, 7) is 8.41. The van der Waals surface area contributed by atoms with Gasteiger partial charge in [-0.15, -0.1) is 0 Å². The van der Waals surface area contributed by atoms with Crippen LogP contribution in [0.25, 0.3) is 0 Å². The van der Waals surface area contributed by atoms with Gasteiger partial charge in [0.1, 0.15) is 0 Å². The number of hydrogen-bond acceptors (Lipinski definition) is 2. The molecule has 0 saturated heterocycles. The Bertz CT molecular complexity index is 710. The van der Waals surface area contributed by atoms with Crippen molar-refractivity contribution in [3.63, 3.8) is 0 Å². The molecule has 0 aromatic rings. The molecular weight excluding hydrogens is 438 g/mol. The predicted molar refractivity (Wildman–Crippen MR) is 136 cm³/mol. The molecule has 2 nitrogen and oxygen atoms in total. The maximum Gasteiger partial charge on any atom is 0.363 e. The van der Waals surface area contributed by atoms with E-state index in [4.69, 9.17) is 4.52 Å². The third kappa shape index (κ3) is 4.91. The van der Waals surface area contributed by atoms with Gasteiger partial charge in [-0.3, -0.25) is 0 Å². The van der Waals surface area contributed by atoms with Crippen LogP contribution in [-0.4, -0.2) is 11.0 Å². The van der Waals surface area contributed by atoms with Gasteiger partial charge >= 0.3 is 6.80 Å². The summed E-state index contributed by atoms with van der Waals surface area (Å²) in [6.07, 6.45) is 15.1. The summed E-state index contributed by atoms with van der Waals surface area (Å²) in [4.78, 5) is 9.44. The topological polar surface area (TPSA) is 29.5 Å². The van der Waals surface area contributed by atoms with Gasteiger partial charge in [0.2, 0.25) is 0 Å². The highest BCUT2D eigenvalue weighted by atomic mass is 32.5. The molecule has 10 atom stereocenters. The van der Waals surface area contributed by atoms with Gasteiger partial charge in [-0.05, 0) is 122 Å². The van der Waals surface area contributed by atoms with E-state index in [-0.39, 0.29) is 6.10 Å². The monoisotopic (exact) mass is 486 g/mol.